The van der Waals surface area contributed by atoms with E-state index in [0.717, 1.165) is 34.5 Å². The lowest BCUT2D eigenvalue weighted by atomic mass is 9.89. The van der Waals surface area contributed by atoms with Crippen molar-refractivity contribution >= 4 is 11.6 Å². The number of aromatic nitrogens is 4. The molecule has 0 saturated heterocycles. The Bertz CT molecular complexity index is 1320. The molecule has 9 heteroatoms. The minimum absolute atomic E-state index is 0.251. The zero-order valence-corrected chi connectivity index (χ0v) is 18.6. The van der Waals surface area contributed by atoms with E-state index in [2.05, 4.69) is 15.4 Å². The summed E-state index contributed by atoms with van der Waals surface area (Å²) >= 11 is 0. The van der Waals surface area contributed by atoms with Crippen LogP contribution in [-0.4, -0.2) is 56.5 Å². The molecule has 1 aliphatic rings. The third-order valence-electron chi connectivity index (χ3n) is 6.13. The number of carbonyl (C=O) groups is 1. The van der Waals surface area contributed by atoms with Gasteiger partial charge in [0.15, 0.2) is 0 Å². The Kier molecular flexibility index (Phi) is 5.26. The molecular formula is C24H25N5O4. The molecule has 9 nitrogen and oxygen atoms in total. The fraction of sp³-hybridized carbons (Fsp3) is 0.292. The van der Waals surface area contributed by atoms with Gasteiger partial charge in [-0.25, -0.2) is 4.98 Å². The minimum Gasteiger partial charge on any atom is -0.496 e. The first kappa shape index (κ1) is 21.0. The summed E-state index contributed by atoms with van der Waals surface area (Å²) < 4.78 is 14.8. The van der Waals surface area contributed by atoms with Gasteiger partial charge in [0, 0.05) is 30.6 Å². The molecule has 0 aliphatic heterocycles. The van der Waals surface area contributed by atoms with E-state index in [-0.39, 0.29) is 11.9 Å². The van der Waals surface area contributed by atoms with Crippen LogP contribution in [0, 0.1) is 0 Å². The van der Waals surface area contributed by atoms with Gasteiger partial charge in [-0.3, -0.25) is 13.9 Å². The van der Waals surface area contributed by atoms with Gasteiger partial charge in [-0.05, 0) is 42.7 Å². The number of methoxy groups -OCH3 is 2. The van der Waals surface area contributed by atoms with Crippen LogP contribution in [-0.2, 0) is 7.05 Å². The van der Waals surface area contributed by atoms with Crippen molar-refractivity contribution in [1.82, 2.24) is 24.5 Å². The number of ether oxygens (including phenoxy) is 2. The molecule has 2 atom stereocenters. The molecule has 1 fully saturated rings. The zero-order valence-electron chi connectivity index (χ0n) is 18.6. The number of fused-ring (bicyclic) bond motifs is 1. The van der Waals surface area contributed by atoms with Gasteiger partial charge >= 0.3 is 0 Å². The number of hydrogen-bond acceptors (Lipinski definition) is 6. The summed E-state index contributed by atoms with van der Waals surface area (Å²) in [6.45, 7) is 0. The van der Waals surface area contributed by atoms with Crippen LogP contribution in [0.25, 0.3) is 28.0 Å². The molecule has 170 valence electrons. The topological polar surface area (TPSA) is 103 Å². The second-order valence-electron chi connectivity index (χ2n) is 8.17. The lowest BCUT2D eigenvalue weighted by Crippen LogP contribution is -2.50. The molecule has 0 bridgehead atoms. The maximum absolute atomic E-state index is 12.9. The Morgan fingerprint density at radius 3 is 2.42 bits per heavy atom. The number of benzene rings is 1. The van der Waals surface area contributed by atoms with Gasteiger partial charge < -0.3 is 19.9 Å². The van der Waals surface area contributed by atoms with Crippen LogP contribution in [0.5, 0.6) is 11.5 Å². The van der Waals surface area contributed by atoms with Crippen LogP contribution in [0.2, 0.25) is 0 Å². The number of pyridine rings is 1. The first-order valence-electron chi connectivity index (χ1n) is 10.7. The summed E-state index contributed by atoms with van der Waals surface area (Å²) in [7, 11) is 4.92. The summed E-state index contributed by atoms with van der Waals surface area (Å²) in [4.78, 5) is 17.5. The van der Waals surface area contributed by atoms with Crippen molar-refractivity contribution in [3.8, 4) is 33.9 Å². The number of imidazole rings is 1. The van der Waals surface area contributed by atoms with Crippen LogP contribution < -0.4 is 14.8 Å². The lowest BCUT2D eigenvalue weighted by Gasteiger charge is -2.33. The maximum atomic E-state index is 12.9. The van der Waals surface area contributed by atoms with Crippen LogP contribution >= 0.6 is 0 Å². The number of carbonyl (C=O) groups excluding carboxylic acids is 1. The van der Waals surface area contributed by atoms with E-state index >= 15 is 0 Å². The van der Waals surface area contributed by atoms with Crippen molar-refractivity contribution in [2.24, 2.45) is 7.05 Å². The van der Waals surface area contributed by atoms with Crippen LogP contribution in [0.15, 0.2) is 49.1 Å². The summed E-state index contributed by atoms with van der Waals surface area (Å²) in [5.41, 5.74) is 4.75. The number of hydrogen-bond donors (Lipinski definition) is 2. The largest absolute Gasteiger partial charge is 0.496 e. The highest BCUT2D eigenvalue weighted by molar-refractivity contribution is 6.01. The fourth-order valence-electron chi connectivity index (χ4n) is 4.12. The molecule has 3 heterocycles. The smallest absolute Gasteiger partial charge is 0.259 e. The van der Waals surface area contributed by atoms with Gasteiger partial charge in [0.05, 0.1) is 44.5 Å². The van der Waals surface area contributed by atoms with E-state index in [0.29, 0.717) is 23.5 Å². The van der Waals surface area contributed by atoms with Crippen molar-refractivity contribution in [3.05, 3.63) is 54.6 Å². The molecule has 2 N–H and O–H groups in total. The van der Waals surface area contributed by atoms with Gasteiger partial charge in [0.1, 0.15) is 22.7 Å². The Balaban J connectivity index is 1.53. The quantitative estimate of drug-likeness (QED) is 0.471. The average molecular weight is 447 g/mol. The molecular weight excluding hydrogens is 422 g/mol. The average Bonchev–Trinajstić information content (AvgIpc) is 3.46. The molecule has 1 aromatic carbocycles. The van der Waals surface area contributed by atoms with E-state index in [1.54, 1.807) is 23.0 Å². The minimum atomic E-state index is -0.514. The monoisotopic (exact) mass is 447 g/mol. The number of nitrogens with one attached hydrogen (secondary N) is 1. The first-order valence-corrected chi connectivity index (χ1v) is 10.7. The van der Waals surface area contributed by atoms with Crippen molar-refractivity contribution < 1.29 is 19.4 Å². The highest BCUT2D eigenvalue weighted by Gasteiger charge is 2.32. The highest BCUT2D eigenvalue weighted by Crippen LogP contribution is 2.36. The van der Waals surface area contributed by atoms with Crippen LogP contribution in [0.4, 0.5) is 0 Å². The Labute approximate surface area is 190 Å². The second-order valence-corrected chi connectivity index (χ2v) is 8.17. The number of rotatable bonds is 6. The van der Waals surface area contributed by atoms with Gasteiger partial charge in [-0.1, -0.05) is 0 Å². The number of aliphatic hydroxyl groups is 1. The van der Waals surface area contributed by atoms with E-state index in [1.165, 1.54) is 14.2 Å². The van der Waals surface area contributed by atoms with Gasteiger partial charge in [-0.2, -0.15) is 5.10 Å². The molecule has 33 heavy (non-hydrogen) atoms. The number of nitrogens with zero attached hydrogens (tertiary/aromatic N) is 4. The Morgan fingerprint density at radius 1 is 1.09 bits per heavy atom. The second kappa shape index (κ2) is 8.25. The molecule has 4 aromatic rings. The van der Waals surface area contributed by atoms with Gasteiger partial charge in [-0.15, -0.1) is 0 Å². The summed E-state index contributed by atoms with van der Waals surface area (Å²) in [6.07, 6.45) is 8.43. The van der Waals surface area contributed by atoms with E-state index < -0.39 is 6.10 Å². The zero-order chi connectivity index (χ0) is 23.1. The number of aliphatic hydroxyl groups excluding tert-OH is 1. The molecule has 3 aromatic heterocycles. The van der Waals surface area contributed by atoms with E-state index in [9.17, 15) is 9.90 Å². The van der Waals surface area contributed by atoms with Crippen molar-refractivity contribution in [2.45, 2.75) is 25.0 Å². The highest BCUT2D eigenvalue weighted by atomic mass is 16.5. The standard InChI is InChI=1S/C24H25N5O4/c1-28-13-16(11-26-28)14-6-7-29-18(12-25-22(29)10-14)15-8-20(32-2)23(21(9-15)33-3)24(31)27-17-4-5-19(17)30/h6-13,17,19,30H,4-5H2,1-3H3,(H,27,31)/t17-,19-/m0/s1. The Hall–Kier alpha value is -3.85. The van der Waals surface area contributed by atoms with Crippen molar-refractivity contribution in [3.63, 3.8) is 0 Å². The molecule has 1 saturated carbocycles. The summed E-state index contributed by atoms with van der Waals surface area (Å²) in [5.74, 6) is 0.438. The third-order valence-corrected chi connectivity index (χ3v) is 6.13. The number of aryl methyl sites for hydroxylation is 1. The summed E-state index contributed by atoms with van der Waals surface area (Å²) in [6, 6.07) is 7.36. The molecule has 5 rings (SSSR count). The fourth-order valence-corrected chi connectivity index (χ4v) is 4.12. The molecule has 0 radical (unpaired) electrons. The van der Waals surface area contributed by atoms with Crippen molar-refractivity contribution in [2.75, 3.05) is 14.2 Å². The van der Waals surface area contributed by atoms with Crippen LogP contribution in [0.1, 0.15) is 23.2 Å². The summed E-state index contributed by atoms with van der Waals surface area (Å²) in [5, 5.41) is 16.9. The third kappa shape index (κ3) is 3.70. The molecule has 0 unspecified atom stereocenters. The first-order chi connectivity index (χ1) is 16.0. The van der Waals surface area contributed by atoms with E-state index in [1.807, 2.05) is 42.2 Å². The van der Waals surface area contributed by atoms with Crippen molar-refractivity contribution in [1.29, 1.82) is 0 Å². The number of amides is 1. The lowest BCUT2D eigenvalue weighted by molar-refractivity contribution is 0.0445. The Morgan fingerprint density at radius 2 is 1.85 bits per heavy atom. The normalized spacial score (nSPS) is 17.6. The molecule has 0 spiro atoms. The predicted molar refractivity (Wildman–Crippen MR) is 122 cm³/mol. The SMILES string of the molecule is COc1cc(-c2cnc3cc(-c4cnn(C)c4)ccn23)cc(OC)c1C(=O)N[C@H]1CC[C@@H]1O. The van der Waals surface area contributed by atoms with Crippen LogP contribution in [0.3, 0.4) is 0 Å². The predicted octanol–water partition coefficient (Wildman–Crippen LogP) is 2.67. The van der Waals surface area contributed by atoms with Gasteiger partial charge in [0.2, 0.25) is 0 Å². The maximum Gasteiger partial charge on any atom is 0.259 e. The van der Waals surface area contributed by atoms with Gasteiger partial charge in [0.25, 0.3) is 5.91 Å². The molecule has 1 aliphatic carbocycles. The molecule has 1 amide bonds. The van der Waals surface area contributed by atoms with E-state index in [4.69, 9.17) is 9.47 Å².